The van der Waals surface area contributed by atoms with Crippen molar-refractivity contribution in [3.05, 3.63) is 34.9 Å². The zero-order valence-electron chi connectivity index (χ0n) is 7.74. The Morgan fingerprint density at radius 2 is 2.21 bits per heavy atom. The minimum Gasteiger partial charge on any atom is -0.369 e. The van der Waals surface area contributed by atoms with Gasteiger partial charge >= 0.3 is 0 Å². The van der Waals surface area contributed by atoms with E-state index < -0.39 is 0 Å². The predicted molar refractivity (Wildman–Crippen MR) is 60.8 cm³/mol. The molecule has 0 saturated carbocycles. The number of anilines is 1. The van der Waals surface area contributed by atoms with Crippen molar-refractivity contribution in [2.75, 3.05) is 5.73 Å². The molecule has 3 nitrogen and oxygen atoms in total. The maximum Gasteiger partial charge on any atom is 0.200 e. The Labute approximate surface area is 90.7 Å². The van der Waals surface area contributed by atoms with Gasteiger partial charge in [0, 0.05) is 17.1 Å². The molecule has 1 heterocycles. The van der Waals surface area contributed by atoms with Gasteiger partial charge in [-0.25, -0.2) is 4.98 Å². The summed E-state index contributed by atoms with van der Waals surface area (Å²) in [5.41, 5.74) is 7.78. The van der Waals surface area contributed by atoms with E-state index in [1.54, 1.807) is 6.20 Å². The van der Waals surface area contributed by atoms with Gasteiger partial charge in [-0.3, -0.25) is 0 Å². The highest BCUT2D eigenvalue weighted by Gasteiger charge is 2.05. The molecule has 0 radical (unpaired) electrons. The molecule has 0 aliphatic rings. The zero-order chi connectivity index (χ0) is 10.1. The monoisotopic (exact) mass is 251 g/mol. The summed E-state index contributed by atoms with van der Waals surface area (Å²) in [7, 11) is 1.90. The summed E-state index contributed by atoms with van der Waals surface area (Å²) in [5, 5.41) is 0. The smallest absolute Gasteiger partial charge is 0.200 e. The highest BCUT2D eigenvalue weighted by atomic mass is 79.9. The first kappa shape index (κ1) is 9.27. The van der Waals surface area contributed by atoms with Gasteiger partial charge in [0.15, 0.2) is 5.95 Å². The standard InChI is InChI=1S/C10H10BrN3/c1-14-9(6-13-10(14)12)7-3-2-4-8(11)5-7/h2-6H,1H3,(H2,12,13). The lowest BCUT2D eigenvalue weighted by atomic mass is 10.2. The lowest BCUT2D eigenvalue weighted by Gasteiger charge is -2.03. The van der Waals surface area contributed by atoms with E-state index in [4.69, 9.17) is 5.73 Å². The van der Waals surface area contributed by atoms with Gasteiger partial charge in [-0.05, 0) is 12.1 Å². The molecule has 1 aromatic heterocycles. The molecule has 72 valence electrons. The summed E-state index contributed by atoms with van der Waals surface area (Å²) in [4.78, 5) is 4.05. The van der Waals surface area contributed by atoms with Crippen LogP contribution in [0, 0.1) is 0 Å². The van der Waals surface area contributed by atoms with E-state index in [2.05, 4.69) is 20.9 Å². The van der Waals surface area contributed by atoms with E-state index in [0.29, 0.717) is 5.95 Å². The van der Waals surface area contributed by atoms with Crippen molar-refractivity contribution >= 4 is 21.9 Å². The van der Waals surface area contributed by atoms with Crippen LogP contribution in [0.25, 0.3) is 11.3 Å². The van der Waals surface area contributed by atoms with Crippen molar-refractivity contribution in [2.24, 2.45) is 7.05 Å². The molecule has 0 atom stereocenters. The predicted octanol–water partition coefficient (Wildman–Crippen LogP) is 2.43. The molecule has 0 unspecified atom stereocenters. The van der Waals surface area contributed by atoms with Gasteiger partial charge in [-0.2, -0.15) is 0 Å². The molecule has 0 aliphatic carbocycles. The number of nitrogens with zero attached hydrogens (tertiary/aromatic N) is 2. The Hall–Kier alpha value is -1.29. The van der Waals surface area contributed by atoms with Crippen LogP contribution in [-0.2, 0) is 7.05 Å². The van der Waals surface area contributed by atoms with Crippen molar-refractivity contribution < 1.29 is 0 Å². The van der Waals surface area contributed by atoms with Crippen molar-refractivity contribution in [3.8, 4) is 11.3 Å². The highest BCUT2D eigenvalue weighted by Crippen LogP contribution is 2.23. The maximum absolute atomic E-state index is 5.66. The molecule has 0 aliphatic heterocycles. The number of halogens is 1. The number of rotatable bonds is 1. The number of nitrogen functional groups attached to an aromatic ring is 1. The highest BCUT2D eigenvalue weighted by molar-refractivity contribution is 9.10. The van der Waals surface area contributed by atoms with Crippen LogP contribution in [0.2, 0.25) is 0 Å². The number of nitrogens with two attached hydrogens (primary N) is 1. The van der Waals surface area contributed by atoms with Gasteiger partial charge in [0.2, 0.25) is 0 Å². The lowest BCUT2D eigenvalue weighted by Crippen LogP contribution is -1.98. The van der Waals surface area contributed by atoms with E-state index in [0.717, 1.165) is 15.7 Å². The molecular formula is C10H10BrN3. The molecule has 14 heavy (non-hydrogen) atoms. The Morgan fingerprint density at radius 1 is 1.43 bits per heavy atom. The summed E-state index contributed by atoms with van der Waals surface area (Å²) in [6.07, 6.45) is 1.77. The summed E-state index contributed by atoms with van der Waals surface area (Å²) < 4.78 is 2.91. The van der Waals surface area contributed by atoms with Gasteiger partial charge in [-0.1, -0.05) is 28.1 Å². The van der Waals surface area contributed by atoms with E-state index in [9.17, 15) is 0 Å². The SMILES string of the molecule is Cn1c(-c2cccc(Br)c2)cnc1N. The van der Waals surface area contributed by atoms with Gasteiger partial charge in [0.25, 0.3) is 0 Å². The second-order valence-corrected chi connectivity index (χ2v) is 3.99. The number of imidazole rings is 1. The Morgan fingerprint density at radius 3 is 2.79 bits per heavy atom. The lowest BCUT2D eigenvalue weighted by molar-refractivity contribution is 0.938. The summed E-state index contributed by atoms with van der Waals surface area (Å²) in [6.45, 7) is 0. The van der Waals surface area contributed by atoms with E-state index in [-0.39, 0.29) is 0 Å². The fraction of sp³-hybridized carbons (Fsp3) is 0.100. The number of hydrogen-bond donors (Lipinski definition) is 1. The topological polar surface area (TPSA) is 43.8 Å². The van der Waals surface area contributed by atoms with Crippen molar-refractivity contribution in [1.82, 2.24) is 9.55 Å². The van der Waals surface area contributed by atoms with Gasteiger partial charge in [0.1, 0.15) is 0 Å². The van der Waals surface area contributed by atoms with Crippen molar-refractivity contribution in [2.45, 2.75) is 0 Å². The first-order chi connectivity index (χ1) is 6.68. The van der Waals surface area contributed by atoms with Crippen LogP contribution >= 0.6 is 15.9 Å². The average molecular weight is 252 g/mol. The molecular weight excluding hydrogens is 242 g/mol. The van der Waals surface area contributed by atoms with Crippen LogP contribution < -0.4 is 5.73 Å². The summed E-state index contributed by atoms with van der Waals surface area (Å²) in [6, 6.07) is 8.05. The maximum atomic E-state index is 5.66. The fourth-order valence-corrected chi connectivity index (χ4v) is 1.74. The number of benzene rings is 1. The molecule has 2 aromatic rings. The number of hydrogen-bond acceptors (Lipinski definition) is 2. The Balaban J connectivity index is 2.55. The molecule has 0 amide bonds. The van der Waals surface area contributed by atoms with Crippen molar-refractivity contribution in [3.63, 3.8) is 0 Å². The normalized spacial score (nSPS) is 10.4. The Bertz CT molecular complexity index is 462. The van der Waals surface area contributed by atoms with Gasteiger partial charge < -0.3 is 10.3 Å². The molecule has 0 bridgehead atoms. The molecule has 0 saturated heterocycles. The summed E-state index contributed by atoms with van der Waals surface area (Å²) in [5.74, 6) is 0.528. The fourth-order valence-electron chi connectivity index (χ4n) is 1.34. The first-order valence-corrected chi connectivity index (χ1v) is 5.01. The second-order valence-electron chi connectivity index (χ2n) is 3.07. The van der Waals surface area contributed by atoms with Crippen LogP contribution in [0.1, 0.15) is 0 Å². The van der Waals surface area contributed by atoms with E-state index >= 15 is 0 Å². The molecule has 2 rings (SSSR count). The number of aromatic nitrogens is 2. The van der Waals surface area contributed by atoms with E-state index in [1.807, 2.05) is 35.9 Å². The third-order valence-corrected chi connectivity index (χ3v) is 2.64. The molecule has 4 heteroatoms. The second kappa shape index (κ2) is 3.46. The van der Waals surface area contributed by atoms with Crippen LogP contribution in [0.15, 0.2) is 34.9 Å². The van der Waals surface area contributed by atoms with Gasteiger partial charge in [-0.15, -0.1) is 0 Å². The van der Waals surface area contributed by atoms with Crippen LogP contribution in [0.3, 0.4) is 0 Å². The molecule has 0 spiro atoms. The largest absolute Gasteiger partial charge is 0.369 e. The molecule has 2 N–H and O–H groups in total. The van der Waals surface area contributed by atoms with E-state index in [1.165, 1.54) is 0 Å². The molecule has 0 fully saturated rings. The third-order valence-electron chi connectivity index (χ3n) is 2.14. The summed E-state index contributed by atoms with van der Waals surface area (Å²) >= 11 is 3.43. The van der Waals surface area contributed by atoms with Crippen LogP contribution in [0.4, 0.5) is 5.95 Å². The minimum absolute atomic E-state index is 0.528. The average Bonchev–Trinajstić information content (AvgIpc) is 2.48. The van der Waals surface area contributed by atoms with Crippen molar-refractivity contribution in [1.29, 1.82) is 0 Å². The van der Waals surface area contributed by atoms with Gasteiger partial charge in [0.05, 0.1) is 11.9 Å². The minimum atomic E-state index is 0.528. The first-order valence-electron chi connectivity index (χ1n) is 4.21. The zero-order valence-corrected chi connectivity index (χ0v) is 9.32. The molecule has 1 aromatic carbocycles. The Kier molecular flexibility index (Phi) is 2.29. The van der Waals surface area contributed by atoms with Crippen LogP contribution in [-0.4, -0.2) is 9.55 Å². The third kappa shape index (κ3) is 1.53. The quantitative estimate of drug-likeness (QED) is 0.847. The van der Waals surface area contributed by atoms with Crippen LogP contribution in [0.5, 0.6) is 0 Å².